The Morgan fingerprint density at radius 2 is 2.09 bits per heavy atom. The summed E-state index contributed by atoms with van der Waals surface area (Å²) in [6, 6.07) is 6.70. The van der Waals surface area contributed by atoms with Crippen LogP contribution < -0.4 is 5.73 Å². The van der Waals surface area contributed by atoms with E-state index in [1.807, 2.05) is 11.4 Å². The average Bonchev–Trinajstić information content (AvgIpc) is 3.16. The Bertz CT molecular complexity index is 840. The summed E-state index contributed by atoms with van der Waals surface area (Å²) in [5, 5.41) is 6.63. The molecule has 1 aliphatic carbocycles. The predicted octanol–water partition coefficient (Wildman–Crippen LogP) is 3.26. The third-order valence-electron chi connectivity index (χ3n) is 4.19. The van der Waals surface area contributed by atoms with E-state index in [-0.39, 0.29) is 5.82 Å². The second-order valence-electron chi connectivity index (χ2n) is 5.83. The third-order valence-corrected chi connectivity index (χ3v) is 5.04. The monoisotopic (exact) mass is 330 g/mol. The van der Waals surface area contributed by atoms with Crippen molar-refractivity contribution < 1.29 is 8.91 Å². The number of nitrogens with two attached hydrogens (primary N) is 1. The van der Waals surface area contributed by atoms with E-state index >= 15 is 0 Å². The van der Waals surface area contributed by atoms with Gasteiger partial charge in [0.05, 0.1) is 10.5 Å². The van der Waals surface area contributed by atoms with Crippen molar-refractivity contribution in [2.75, 3.05) is 0 Å². The molecule has 3 aromatic rings. The highest BCUT2D eigenvalue weighted by Gasteiger charge is 2.39. The van der Waals surface area contributed by atoms with Gasteiger partial charge in [-0.3, -0.25) is 0 Å². The summed E-state index contributed by atoms with van der Waals surface area (Å²) in [5.74, 6) is 0.689. The number of thiazole rings is 1. The number of nitrogens with zero attached hydrogens (tertiary/aromatic N) is 3. The van der Waals surface area contributed by atoms with Gasteiger partial charge in [0.2, 0.25) is 0 Å². The highest BCUT2D eigenvalue weighted by Crippen LogP contribution is 2.37. The Kier molecular flexibility index (Phi) is 3.46. The molecule has 0 unspecified atom stereocenters. The van der Waals surface area contributed by atoms with Gasteiger partial charge in [-0.2, -0.15) is 4.98 Å². The van der Waals surface area contributed by atoms with Crippen molar-refractivity contribution in [1.29, 1.82) is 0 Å². The largest absolute Gasteiger partial charge is 0.332 e. The van der Waals surface area contributed by atoms with Gasteiger partial charge in [0.15, 0.2) is 5.82 Å². The molecule has 1 saturated carbocycles. The Morgan fingerprint density at radius 3 is 2.83 bits per heavy atom. The highest BCUT2D eigenvalue weighted by molar-refractivity contribution is 7.10. The van der Waals surface area contributed by atoms with Crippen LogP contribution in [0.1, 0.15) is 35.7 Å². The molecule has 23 heavy (non-hydrogen) atoms. The molecule has 2 heterocycles. The first-order valence-corrected chi connectivity index (χ1v) is 8.33. The van der Waals surface area contributed by atoms with Crippen LogP contribution in [0.25, 0.3) is 11.6 Å². The zero-order valence-corrected chi connectivity index (χ0v) is 13.1. The van der Waals surface area contributed by atoms with Crippen LogP contribution in [-0.2, 0) is 12.0 Å². The van der Waals surface area contributed by atoms with E-state index in [0.29, 0.717) is 29.4 Å². The first-order valence-electron chi connectivity index (χ1n) is 7.45. The molecule has 0 spiro atoms. The van der Waals surface area contributed by atoms with Gasteiger partial charge in [0, 0.05) is 11.8 Å². The zero-order chi connectivity index (χ0) is 15.9. The van der Waals surface area contributed by atoms with Crippen LogP contribution in [0.2, 0.25) is 0 Å². The predicted molar refractivity (Wildman–Crippen MR) is 84.3 cm³/mol. The molecule has 1 aliphatic rings. The maximum absolute atomic E-state index is 13.7. The lowest BCUT2D eigenvalue weighted by atomic mass is 9.77. The van der Waals surface area contributed by atoms with Crippen LogP contribution in [0.5, 0.6) is 0 Å². The normalized spacial score (nSPS) is 16.3. The first-order chi connectivity index (χ1) is 11.1. The van der Waals surface area contributed by atoms with Crippen molar-refractivity contribution in [3.8, 4) is 11.6 Å². The topological polar surface area (TPSA) is 77.8 Å². The molecule has 2 aromatic heterocycles. The van der Waals surface area contributed by atoms with Gasteiger partial charge >= 0.3 is 0 Å². The van der Waals surface area contributed by atoms with Crippen LogP contribution in [0.15, 0.2) is 34.2 Å². The SMILES string of the molecule is NC1(c2noc(-c3csc(Cc4ccccc4F)n3)n2)CCC1. The van der Waals surface area contributed by atoms with Crippen LogP contribution in [0.3, 0.4) is 0 Å². The molecule has 0 bridgehead atoms. The first kappa shape index (κ1) is 14.5. The summed E-state index contributed by atoms with van der Waals surface area (Å²) < 4.78 is 19.0. The molecule has 0 radical (unpaired) electrons. The molecule has 5 nitrogen and oxygen atoms in total. The van der Waals surface area contributed by atoms with Gasteiger partial charge < -0.3 is 10.3 Å². The van der Waals surface area contributed by atoms with Gasteiger partial charge in [0.1, 0.15) is 11.5 Å². The lowest BCUT2D eigenvalue weighted by Gasteiger charge is -2.34. The van der Waals surface area contributed by atoms with Gasteiger partial charge in [-0.25, -0.2) is 9.37 Å². The smallest absolute Gasteiger partial charge is 0.277 e. The van der Waals surface area contributed by atoms with Gasteiger partial charge in [0.25, 0.3) is 5.89 Å². The van der Waals surface area contributed by atoms with Crippen LogP contribution in [0, 0.1) is 5.82 Å². The minimum atomic E-state index is -0.451. The number of rotatable bonds is 4. The fourth-order valence-electron chi connectivity index (χ4n) is 2.61. The van der Waals surface area contributed by atoms with E-state index in [0.717, 1.165) is 24.3 Å². The van der Waals surface area contributed by atoms with Crippen molar-refractivity contribution in [2.45, 2.75) is 31.2 Å². The summed E-state index contributed by atoms with van der Waals surface area (Å²) in [7, 11) is 0. The minimum absolute atomic E-state index is 0.223. The molecule has 0 aliphatic heterocycles. The number of benzene rings is 1. The van der Waals surface area contributed by atoms with Gasteiger partial charge in [-0.1, -0.05) is 23.4 Å². The third kappa shape index (κ3) is 2.66. The van der Waals surface area contributed by atoms with Crippen molar-refractivity contribution in [3.63, 3.8) is 0 Å². The number of hydrogen-bond acceptors (Lipinski definition) is 6. The molecule has 0 saturated heterocycles. The standard InChI is InChI=1S/C16H15FN4OS/c17-11-5-2-1-4-10(11)8-13-19-12(9-23-13)14-20-15(21-22-14)16(18)6-3-7-16/h1-2,4-5,9H,3,6-8,18H2. The number of aromatic nitrogens is 3. The molecule has 1 fully saturated rings. The van der Waals surface area contributed by atoms with Crippen LogP contribution in [-0.4, -0.2) is 15.1 Å². The average molecular weight is 330 g/mol. The molecule has 2 N–H and O–H groups in total. The van der Waals surface area contributed by atoms with Crippen molar-refractivity contribution in [1.82, 2.24) is 15.1 Å². The maximum Gasteiger partial charge on any atom is 0.277 e. The molecular weight excluding hydrogens is 315 g/mol. The van der Waals surface area contributed by atoms with E-state index in [1.165, 1.54) is 17.4 Å². The van der Waals surface area contributed by atoms with Crippen molar-refractivity contribution in [2.24, 2.45) is 5.73 Å². The molecule has 1 aromatic carbocycles. The van der Waals surface area contributed by atoms with Gasteiger partial charge in [-0.15, -0.1) is 11.3 Å². The van der Waals surface area contributed by atoms with E-state index in [4.69, 9.17) is 10.3 Å². The number of halogens is 1. The van der Waals surface area contributed by atoms with Crippen molar-refractivity contribution in [3.05, 3.63) is 51.9 Å². The maximum atomic E-state index is 13.7. The quantitative estimate of drug-likeness (QED) is 0.794. The number of hydrogen-bond donors (Lipinski definition) is 1. The second-order valence-corrected chi connectivity index (χ2v) is 6.77. The Hall–Kier alpha value is -2.12. The van der Waals surface area contributed by atoms with Gasteiger partial charge in [-0.05, 0) is 30.9 Å². The van der Waals surface area contributed by atoms with Crippen LogP contribution >= 0.6 is 11.3 Å². The summed E-state index contributed by atoms with van der Waals surface area (Å²) in [5.41, 5.74) is 6.98. The molecule has 0 amide bonds. The van der Waals surface area contributed by atoms with E-state index in [9.17, 15) is 4.39 Å². The minimum Gasteiger partial charge on any atom is -0.332 e. The van der Waals surface area contributed by atoms with E-state index in [2.05, 4.69) is 15.1 Å². The molecule has 4 rings (SSSR count). The second kappa shape index (κ2) is 5.50. The van der Waals surface area contributed by atoms with E-state index < -0.39 is 5.54 Å². The Morgan fingerprint density at radius 1 is 1.26 bits per heavy atom. The van der Waals surface area contributed by atoms with Crippen molar-refractivity contribution >= 4 is 11.3 Å². The lowest BCUT2D eigenvalue weighted by Crippen LogP contribution is -2.44. The van der Waals surface area contributed by atoms with Crippen LogP contribution in [0.4, 0.5) is 4.39 Å². The summed E-state index contributed by atoms with van der Waals surface area (Å²) >= 11 is 1.45. The summed E-state index contributed by atoms with van der Waals surface area (Å²) in [6.07, 6.45) is 3.28. The highest BCUT2D eigenvalue weighted by atomic mass is 32.1. The Balaban J connectivity index is 1.55. The molecule has 0 atom stereocenters. The van der Waals surface area contributed by atoms with E-state index in [1.54, 1.807) is 12.1 Å². The fraction of sp³-hybridized carbons (Fsp3) is 0.312. The fourth-order valence-corrected chi connectivity index (χ4v) is 3.40. The zero-order valence-electron chi connectivity index (χ0n) is 12.3. The summed E-state index contributed by atoms with van der Waals surface area (Å²) in [6.45, 7) is 0. The summed E-state index contributed by atoms with van der Waals surface area (Å²) in [4.78, 5) is 8.85. The molecular formula is C16H15FN4OS. The lowest BCUT2D eigenvalue weighted by molar-refractivity contribution is 0.229. The molecule has 118 valence electrons. The Labute approximate surface area is 136 Å². The molecule has 7 heteroatoms.